The number of nitrogens with zero attached hydrogens (tertiary/aromatic N) is 2. The topological polar surface area (TPSA) is 29.9 Å². The Morgan fingerprint density at radius 2 is 2.33 bits per heavy atom. The lowest BCUT2D eigenvalue weighted by molar-refractivity contribution is 0.354. The van der Waals surface area contributed by atoms with Crippen molar-refractivity contribution in [2.45, 2.75) is 39.7 Å². The summed E-state index contributed by atoms with van der Waals surface area (Å²) in [6.07, 6.45) is 3.55. The molecule has 0 amide bonds. The highest BCUT2D eigenvalue weighted by molar-refractivity contribution is 5.18. The first kappa shape index (κ1) is 10.7. The first-order valence-electron chi connectivity index (χ1n) is 5.95. The van der Waals surface area contributed by atoms with Gasteiger partial charge in [0.25, 0.3) is 0 Å². The van der Waals surface area contributed by atoms with Gasteiger partial charge in [-0.25, -0.2) is 4.98 Å². The van der Waals surface area contributed by atoms with Crippen molar-refractivity contribution in [3.05, 3.63) is 17.2 Å². The molecule has 0 aromatic carbocycles. The zero-order chi connectivity index (χ0) is 10.8. The molecule has 0 fully saturated rings. The summed E-state index contributed by atoms with van der Waals surface area (Å²) in [5.41, 5.74) is 2.72. The first-order chi connectivity index (χ1) is 7.26. The van der Waals surface area contributed by atoms with E-state index >= 15 is 0 Å². The molecule has 1 N–H and O–H groups in total. The molecule has 1 aliphatic heterocycles. The summed E-state index contributed by atoms with van der Waals surface area (Å²) in [4.78, 5) is 4.65. The van der Waals surface area contributed by atoms with Gasteiger partial charge in [0.15, 0.2) is 0 Å². The largest absolute Gasteiger partial charge is 0.331 e. The number of fused-ring (bicyclic) bond motifs is 1. The van der Waals surface area contributed by atoms with Crippen LogP contribution >= 0.6 is 0 Å². The highest BCUT2D eigenvalue weighted by Crippen LogP contribution is 2.24. The number of nitrogens with one attached hydrogen (secondary N) is 1. The van der Waals surface area contributed by atoms with Gasteiger partial charge < -0.3 is 9.88 Å². The molecule has 15 heavy (non-hydrogen) atoms. The molecule has 0 saturated carbocycles. The fourth-order valence-corrected chi connectivity index (χ4v) is 2.62. The normalized spacial score (nSPS) is 20.3. The molecule has 2 heterocycles. The van der Waals surface area contributed by atoms with E-state index in [2.05, 4.69) is 28.7 Å². The van der Waals surface area contributed by atoms with Crippen LogP contribution in [0.5, 0.6) is 0 Å². The first-order valence-corrected chi connectivity index (χ1v) is 5.95. The van der Waals surface area contributed by atoms with Crippen LogP contribution in [-0.4, -0.2) is 23.1 Å². The van der Waals surface area contributed by atoms with Gasteiger partial charge in [0.1, 0.15) is 5.82 Å². The molecule has 0 saturated heterocycles. The van der Waals surface area contributed by atoms with E-state index in [0.29, 0.717) is 0 Å². The lowest BCUT2D eigenvalue weighted by atomic mass is 9.97. The molecule has 1 unspecified atom stereocenters. The predicted molar refractivity (Wildman–Crippen MR) is 62.1 cm³/mol. The summed E-state index contributed by atoms with van der Waals surface area (Å²) in [7, 11) is 2.04. The Morgan fingerprint density at radius 3 is 3.00 bits per heavy atom. The Labute approximate surface area is 91.9 Å². The number of hydrogen-bond donors (Lipinski definition) is 1. The van der Waals surface area contributed by atoms with Gasteiger partial charge in [0.2, 0.25) is 0 Å². The number of aromatic nitrogens is 2. The molecule has 3 heteroatoms. The van der Waals surface area contributed by atoms with Crippen LogP contribution < -0.4 is 5.32 Å². The highest BCUT2D eigenvalue weighted by atomic mass is 15.1. The number of aryl methyl sites for hydroxylation is 2. The molecule has 2 rings (SSSR count). The van der Waals surface area contributed by atoms with Gasteiger partial charge in [-0.15, -0.1) is 0 Å². The third-order valence-electron chi connectivity index (χ3n) is 3.39. The second-order valence-electron chi connectivity index (χ2n) is 4.49. The van der Waals surface area contributed by atoms with Crippen LogP contribution in [0.1, 0.15) is 30.6 Å². The zero-order valence-corrected chi connectivity index (χ0v) is 10.0. The van der Waals surface area contributed by atoms with Crippen LogP contribution in [0.3, 0.4) is 0 Å². The molecule has 84 valence electrons. The maximum absolute atomic E-state index is 4.65. The van der Waals surface area contributed by atoms with E-state index in [-0.39, 0.29) is 0 Å². The van der Waals surface area contributed by atoms with Gasteiger partial charge in [0.05, 0.1) is 5.69 Å². The molecular weight excluding hydrogens is 186 g/mol. The van der Waals surface area contributed by atoms with Crippen LogP contribution in [0.25, 0.3) is 0 Å². The molecule has 0 bridgehead atoms. The summed E-state index contributed by atoms with van der Waals surface area (Å²) < 4.78 is 2.45. The van der Waals surface area contributed by atoms with E-state index in [9.17, 15) is 0 Å². The standard InChI is InChI=1S/C12H21N3/c1-4-12-14-9(2)11-6-5-10(7-13-3)8-15(11)12/h10,13H,4-8H2,1-3H3. The van der Waals surface area contributed by atoms with Crippen molar-refractivity contribution < 1.29 is 0 Å². The second kappa shape index (κ2) is 4.35. The minimum absolute atomic E-state index is 0.779. The van der Waals surface area contributed by atoms with Crippen LogP contribution in [0.15, 0.2) is 0 Å². The Morgan fingerprint density at radius 1 is 1.53 bits per heavy atom. The maximum atomic E-state index is 4.65. The SMILES string of the molecule is CCc1nc(C)c2n1CC(CNC)CC2. The summed E-state index contributed by atoms with van der Waals surface area (Å²) in [5, 5.41) is 3.28. The molecule has 3 nitrogen and oxygen atoms in total. The van der Waals surface area contributed by atoms with Gasteiger partial charge >= 0.3 is 0 Å². The average molecular weight is 207 g/mol. The van der Waals surface area contributed by atoms with E-state index in [1.54, 1.807) is 0 Å². The summed E-state index contributed by atoms with van der Waals surface area (Å²) in [6.45, 7) is 6.61. The molecule has 1 aromatic heterocycles. The molecule has 1 atom stereocenters. The van der Waals surface area contributed by atoms with Crippen molar-refractivity contribution in [3.8, 4) is 0 Å². The molecule has 0 spiro atoms. The zero-order valence-electron chi connectivity index (χ0n) is 10.0. The maximum Gasteiger partial charge on any atom is 0.108 e. The van der Waals surface area contributed by atoms with E-state index in [1.165, 1.54) is 30.1 Å². The van der Waals surface area contributed by atoms with Gasteiger partial charge in [-0.1, -0.05) is 6.92 Å². The Balaban J connectivity index is 2.23. The highest BCUT2D eigenvalue weighted by Gasteiger charge is 2.22. The van der Waals surface area contributed by atoms with Crippen molar-refractivity contribution in [3.63, 3.8) is 0 Å². The Kier molecular flexibility index (Phi) is 3.10. The number of hydrogen-bond acceptors (Lipinski definition) is 2. The van der Waals surface area contributed by atoms with Gasteiger partial charge in [-0.3, -0.25) is 0 Å². The monoisotopic (exact) mass is 207 g/mol. The Bertz CT molecular complexity index is 341. The summed E-state index contributed by atoms with van der Waals surface area (Å²) >= 11 is 0. The summed E-state index contributed by atoms with van der Waals surface area (Å²) in [6, 6.07) is 0. The lowest BCUT2D eigenvalue weighted by Crippen LogP contribution is -2.29. The van der Waals surface area contributed by atoms with E-state index in [1.807, 2.05) is 7.05 Å². The lowest BCUT2D eigenvalue weighted by Gasteiger charge is -2.25. The molecule has 0 aliphatic carbocycles. The quantitative estimate of drug-likeness (QED) is 0.814. The third-order valence-corrected chi connectivity index (χ3v) is 3.39. The van der Waals surface area contributed by atoms with Crippen LogP contribution in [0.2, 0.25) is 0 Å². The smallest absolute Gasteiger partial charge is 0.108 e. The van der Waals surface area contributed by atoms with Crippen molar-refractivity contribution in [1.29, 1.82) is 0 Å². The molecule has 0 radical (unpaired) electrons. The Hall–Kier alpha value is -0.830. The molecule has 1 aliphatic rings. The van der Waals surface area contributed by atoms with Gasteiger partial charge in [-0.2, -0.15) is 0 Å². The second-order valence-corrected chi connectivity index (χ2v) is 4.49. The van der Waals surface area contributed by atoms with Crippen LogP contribution in [-0.2, 0) is 19.4 Å². The number of imidazole rings is 1. The number of rotatable bonds is 3. The summed E-state index contributed by atoms with van der Waals surface area (Å²) in [5.74, 6) is 2.05. The van der Waals surface area contributed by atoms with Crippen molar-refractivity contribution in [1.82, 2.24) is 14.9 Å². The molecular formula is C12H21N3. The minimum Gasteiger partial charge on any atom is -0.331 e. The van der Waals surface area contributed by atoms with E-state index in [4.69, 9.17) is 0 Å². The van der Waals surface area contributed by atoms with Crippen molar-refractivity contribution in [2.75, 3.05) is 13.6 Å². The van der Waals surface area contributed by atoms with Gasteiger partial charge in [-0.05, 0) is 39.3 Å². The minimum atomic E-state index is 0.779. The van der Waals surface area contributed by atoms with Crippen LogP contribution in [0.4, 0.5) is 0 Å². The third kappa shape index (κ3) is 1.93. The van der Waals surface area contributed by atoms with Crippen molar-refractivity contribution in [2.24, 2.45) is 5.92 Å². The predicted octanol–water partition coefficient (Wildman–Crippen LogP) is 1.54. The fourth-order valence-electron chi connectivity index (χ4n) is 2.62. The van der Waals surface area contributed by atoms with Crippen LogP contribution in [0, 0.1) is 12.8 Å². The van der Waals surface area contributed by atoms with Crippen molar-refractivity contribution >= 4 is 0 Å². The van der Waals surface area contributed by atoms with E-state index < -0.39 is 0 Å². The fraction of sp³-hybridized carbons (Fsp3) is 0.750. The van der Waals surface area contributed by atoms with E-state index in [0.717, 1.165) is 25.4 Å². The van der Waals surface area contributed by atoms with Gasteiger partial charge in [0, 0.05) is 18.7 Å². The molecule has 1 aromatic rings. The average Bonchev–Trinajstić information content (AvgIpc) is 2.56.